The number of nitrogens with zero attached hydrogens (tertiary/aromatic N) is 4. The van der Waals surface area contributed by atoms with Crippen LogP contribution in [0.2, 0.25) is 0 Å². The fourth-order valence-corrected chi connectivity index (χ4v) is 2.06. The molecule has 0 amide bonds. The SMILES string of the molecule is Cc1cnc2nnc(C3CCNC3)n2c1. The minimum atomic E-state index is 0.476. The van der Waals surface area contributed by atoms with Crippen LogP contribution in [0.25, 0.3) is 5.78 Å². The van der Waals surface area contributed by atoms with Crippen molar-refractivity contribution in [2.45, 2.75) is 19.3 Å². The molecule has 1 saturated heterocycles. The molecule has 1 atom stereocenters. The van der Waals surface area contributed by atoms with Gasteiger partial charge in [0.15, 0.2) is 0 Å². The molecule has 0 bridgehead atoms. The van der Waals surface area contributed by atoms with E-state index in [-0.39, 0.29) is 0 Å². The third-order valence-electron chi connectivity index (χ3n) is 2.85. The molecule has 78 valence electrons. The van der Waals surface area contributed by atoms with Crippen LogP contribution >= 0.6 is 0 Å². The Labute approximate surface area is 87.5 Å². The van der Waals surface area contributed by atoms with E-state index in [1.165, 1.54) is 0 Å². The van der Waals surface area contributed by atoms with Crippen LogP contribution in [0.15, 0.2) is 12.4 Å². The Balaban J connectivity index is 2.13. The Morgan fingerprint density at radius 3 is 3.20 bits per heavy atom. The predicted octanol–water partition coefficient (Wildman–Crippen LogP) is 0.510. The van der Waals surface area contributed by atoms with Crippen LogP contribution in [0.1, 0.15) is 23.7 Å². The molecule has 1 unspecified atom stereocenters. The fraction of sp³-hybridized carbons (Fsp3) is 0.500. The molecule has 3 heterocycles. The van der Waals surface area contributed by atoms with Gasteiger partial charge in [0.1, 0.15) is 5.82 Å². The zero-order valence-electron chi connectivity index (χ0n) is 8.64. The lowest BCUT2D eigenvalue weighted by Crippen LogP contribution is -2.10. The molecule has 0 aromatic carbocycles. The quantitative estimate of drug-likeness (QED) is 0.733. The van der Waals surface area contributed by atoms with Gasteiger partial charge < -0.3 is 5.32 Å². The van der Waals surface area contributed by atoms with Crippen molar-refractivity contribution in [2.24, 2.45) is 0 Å². The van der Waals surface area contributed by atoms with E-state index >= 15 is 0 Å². The average molecular weight is 203 g/mol. The van der Waals surface area contributed by atoms with Crippen molar-refractivity contribution >= 4 is 5.78 Å². The number of rotatable bonds is 1. The predicted molar refractivity (Wildman–Crippen MR) is 55.7 cm³/mol. The summed E-state index contributed by atoms with van der Waals surface area (Å²) in [4.78, 5) is 4.24. The molecule has 5 nitrogen and oxygen atoms in total. The standard InChI is InChI=1S/C10H13N5/c1-7-4-12-10-14-13-9(15(10)6-7)8-2-3-11-5-8/h4,6,8,11H,2-3,5H2,1H3. The normalized spacial score (nSPS) is 21.3. The maximum Gasteiger partial charge on any atom is 0.254 e. The molecule has 2 aromatic heterocycles. The van der Waals surface area contributed by atoms with Crippen LogP contribution in [0.4, 0.5) is 0 Å². The average Bonchev–Trinajstić information content (AvgIpc) is 2.83. The summed E-state index contributed by atoms with van der Waals surface area (Å²) in [5, 5.41) is 11.6. The Morgan fingerprint density at radius 1 is 1.47 bits per heavy atom. The van der Waals surface area contributed by atoms with Crippen molar-refractivity contribution in [1.29, 1.82) is 0 Å². The van der Waals surface area contributed by atoms with E-state index in [0.717, 1.165) is 30.9 Å². The summed E-state index contributed by atoms with van der Waals surface area (Å²) in [5.41, 5.74) is 1.13. The lowest BCUT2D eigenvalue weighted by molar-refractivity contribution is 0.690. The highest BCUT2D eigenvalue weighted by molar-refractivity contribution is 5.29. The van der Waals surface area contributed by atoms with Gasteiger partial charge in [-0.2, -0.15) is 0 Å². The highest BCUT2D eigenvalue weighted by atomic mass is 15.3. The molecule has 0 aliphatic carbocycles. The first kappa shape index (κ1) is 8.79. The molecule has 0 saturated carbocycles. The lowest BCUT2D eigenvalue weighted by Gasteiger charge is -2.05. The highest BCUT2D eigenvalue weighted by Gasteiger charge is 2.21. The van der Waals surface area contributed by atoms with Gasteiger partial charge in [-0.15, -0.1) is 10.2 Å². The molecule has 1 aliphatic heterocycles. The molecule has 2 aromatic rings. The van der Waals surface area contributed by atoms with Crippen molar-refractivity contribution < 1.29 is 0 Å². The minimum absolute atomic E-state index is 0.476. The van der Waals surface area contributed by atoms with Gasteiger partial charge in [0.2, 0.25) is 0 Å². The summed E-state index contributed by atoms with van der Waals surface area (Å²) in [6.45, 7) is 4.09. The molecule has 0 spiro atoms. The Bertz CT molecular complexity index is 484. The highest BCUT2D eigenvalue weighted by Crippen LogP contribution is 2.20. The summed E-state index contributed by atoms with van der Waals surface area (Å²) in [7, 11) is 0. The van der Waals surface area contributed by atoms with Gasteiger partial charge in [0.25, 0.3) is 5.78 Å². The minimum Gasteiger partial charge on any atom is -0.316 e. The summed E-state index contributed by atoms with van der Waals surface area (Å²) in [6.07, 6.45) is 5.01. The maximum atomic E-state index is 4.24. The van der Waals surface area contributed by atoms with Crippen LogP contribution in [-0.2, 0) is 0 Å². The number of aromatic nitrogens is 4. The van der Waals surface area contributed by atoms with Crippen molar-refractivity contribution in [1.82, 2.24) is 24.9 Å². The van der Waals surface area contributed by atoms with Gasteiger partial charge >= 0.3 is 0 Å². The van der Waals surface area contributed by atoms with Crippen molar-refractivity contribution in [3.8, 4) is 0 Å². The summed E-state index contributed by atoms with van der Waals surface area (Å²) >= 11 is 0. The maximum absolute atomic E-state index is 4.24. The van der Waals surface area contributed by atoms with Gasteiger partial charge in [-0.05, 0) is 25.5 Å². The molecule has 0 radical (unpaired) electrons. The zero-order valence-corrected chi connectivity index (χ0v) is 8.64. The molecule has 1 N–H and O–H groups in total. The summed E-state index contributed by atoms with van der Waals surface area (Å²) in [6, 6.07) is 0. The molecule has 5 heteroatoms. The number of fused-ring (bicyclic) bond motifs is 1. The van der Waals surface area contributed by atoms with Gasteiger partial charge in [0.05, 0.1) is 0 Å². The third kappa shape index (κ3) is 1.39. The Kier molecular flexibility index (Phi) is 1.92. The van der Waals surface area contributed by atoms with Crippen LogP contribution in [-0.4, -0.2) is 32.7 Å². The van der Waals surface area contributed by atoms with E-state index in [0.29, 0.717) is 11.7 Å². The van der Waals surface area contributed by atoms with Crippen molar-refractivity contribution in [3.05, 3.63) is 23.8 Å². The fourth-order valence-electron chi connectivity index (χ4n) is 2.06. The van der Waals surface area contributed by atoms with E-state index in [4.69, 9.17) is 0 Å². The molecular formula is C10H13N5. The summed E-state index contributed by atoms with van der Waals surface area (Å²) < 4.78 is 2.01. The summed E-state index contributed by atoms with van der Waals surface area (Å²) in [5.74, 6) is 2.21. The van der Waals surface area contributed by atoms with E-state index in [9.17, 15) is 0 Å². The van der Waals surface area contributed by atoms with Gasteiger partial charge in [-0.25, -0.2) is 4.98 Å². The zero-order chi connectivity index (χ0) is 10.3. The van der Waals surface area contributed by atoms with Crippen LogP contribution in [0, 0.1) is 6.92 Å². The van der Waals surface area contributed by atoms with Gasteiger partial charge in [-0.3, -0.25) is 4.40 Å². The topological polar surface area (TPSA) is 55.1 Å². The van der Waals surface area contributed by atoms with Gasteiger partial charge in [-0.1, -0.05) is 0 Å². The second-order valence-electron chi connectivity index (χ2n) is 4.05. The molecule has 15 heavy (non-hydrogen) atoms. The first-order valence-electron chi connectivity index (χ1n) is 5.22. The Hall–Kier alpha value is -1.49. The van der Waals surface area contributed by atoms with E-state index < -0.39 is 0 Å². The van der Waals surface area contributed by atoms with Crippen molar-refractivity contribution in [2.75, 3.05) is 13.1 Å². The van der Waals surface area contributed by atoms with Crippen molar-refractivity contribution in [3.63, 3.8) is 0 Å². The number of nitrogens with one attached hydrogen (secondary N) is 1. The number of aryl methyl sites for hydroxylation is 1. The molecular weight excluding hydrogens is 190 g/mol. The first-order valence-corrected chi connectivity index (χ1v) is 5.22. The third-order valence-corrected chi connectivity index (χ3v) is 2.85. The van der Waals surface area contributed by atoms with Crippen LogP contribution in [0.3, 0.4) is 0 Å². The van der Waals surface area contributed by atoms with E-state index in [1.54, 1.807) is 0 Å². The lowest BCUT2D eigenvalue weighted by atomic mass is 10.1. The molecule has 1 aliphatic rings. The molecule has 1 fully saturated rings. The first-order chi connectivity index (χ1) is 7.34. The van der Waals surface area contributed by atoms with E-state index in [1.807, 2.05) is 17.5 Å². The second kappa shape index (κ2) is 3.27. The number of hydrogen-bond donors (Lipinski definition) is 1. The van der Waals surface area contributed by atoms with Gasteiger partial charge in [0, 0.05) is 24.9 Å². The smallest absolute Gasteiger partial charge is 0.254 e. The van der Waals surface area contributed by atoms with Crippen LogP contribution in [0.5, 0.6) is 0 Å². The Morgan fingerprint density at radius 2 is 2.40 bits per heavy atom. The number of hydrogen-bond acceptors (Lipinski definition) is 4. The second-order valence-corrected chi connectivity index (χ2v) is 4.05. The largest absolute Gasteiger partial charge is 0.316 e. The van der Waals surface area contributed by atoms with E-state index in [2.05, 4.69) is 26.7 Å². The monoisotopic (exact) mass is 203 g/mol. The molecule has 3 rings (SSSR count). The van der Waals surface area contributed by atoms with Crippen LogP contribution < -0.4 is 5.32 Å².